The van der Waals surface area contributed by atoms with E-state index in [1.54, 1.807) is 6.92 Å². The number of piperidine rings is 1. The van der Waals surface area contributed by atoms with Crippen molar-refractivity contribution >= 4 is 11.9 Å². The van der Waals surface area contributed by atoms with E-state index in [0.717, 1.165) is 25.4 Å². The van der Waals surface area contributed by atoms with Crippen LogP contribution in [0.5, 0.6) is 0 Å². The first-order valence-corrected chi connectivity index (χ1v) is 7.75. The van der Waals surface area contributed by atoms with E-state index in [0.29, 0.717) is 24.9 Å². The van der Waals surface area contributed by atoms with Gasteiger partial charge in [0.25, 0.3) is 0 Å². The van der Waals surface area contributed by atoms with Gasteiger partial charge in [0.1, 0.15) is 0 Å². The summed E-state index contributed by atoms with van der Waals surface area (Å²) in [5, 5.41) is 12.4. The van der Waals surface area contributed by atoms with E-state index in [1.165, 1.54) is 19.3 Å². The van der Waals surface area contributed by atoms with Crippen molar-refractivity contribution in [2.24, 2.45) is 11.8 Å². The Kier molecular flexibility index (Phi) is 5.40. The average molecular weight is 282 g/mol. The van der Waals surface area contributed by atoms with E-state index in [1.807, 2.05) is 4.90 Å². The predicted molar refractivity (Wildman–Crippen MR) is 76.4 cm³/mol. The van der Waals surface area contributed by atoms with Gasteiger partial charge in [0, 0.05) is 32.5 Å². The third kappa shape index (κ3) is 4.47. The van der Waals surface area contributed by atoms with Gasteiger partial charge in [0.2, 0.25) is 5.91 Å². The number of hydrogen-bond acceptors (Lipinski definition) is 3. The zero-order chi connectivity index (χ0) is 14.5. The molecule has 0 aromatic rings. The summed E-state index contributed by atoms with van der Waals surface area (Å²) in [6.45, 7) is 4.13. The summed E-state index contributed by atoms with van der Waals surface area (Å²) >= 11 is 0. The summed E-state index contributed by atoms with van der Waals surface area (Å²) in [6, 6.07) is 0.326. The standard InChI is InChI=1S/C15H26N2O3/c1-11(18)17-9-13(5-6-15(19)20)7-14(10-17)16-8-12-3-2-4-12/h12-14,16H,2-10H2,1H3,(H,19,20). The zero-order valence-corrected chi connectivity index (χ0v) is 12.3. The van der Waals surface area contributed by atoms with Crippen LogP contribution in [0.2, 0.25) is 0 Å². The summed E-state index contributed by atoms with van der Waals surface area (Å²) < 4.78 is 0. The minimum Gasteiger partial charge on any atom is -0.481 e. The van der Waals surface area contributed by atoms with Crippen molar-refractivity contribution in [1.29, 1.82) is 0 Å². The molecule has 1 saturated carbocycles. The molecule has 5 nitrogen and oxygen atoms in total. The van der Waals surface area contributed by atoms with Crippen LogP contribution in [0.1, 0.15) is 45.4 Å². The van der Waals surface area contributed by atoms with Crippen molar-refractivity contribution in [2.75, 3.05) is 19.6 Å². The van der Waals surface area contributed by atoms with Crippen LogP contribution in [0, 0.1) is 11.8 Å². The highest BCUT2D eigenvalue weighted by Crippen LogP contribution is 2.26. The lowest BCUT2D eigenvalue weighted by atomic mass is 9.84. The first-order chi connectivity index (χ1) is 9.54. The number of amides is 1. The Balaban J connectivity index is 1.82. The number of carboxylic acids is 1. The second-order valence-corrected chi connectivity index (χ2v) is 6.36. The maximum atomic E-state index is 11.6. The molecular formula is C15H26N2O3. The fourth-order valence-electron chi connectivity index (χ4n) is 3.18. The van der Waals surface area contributed by atoms with Crippen LogP contribution in [0.3, 0.4) is 0 Å². The van der Waals surface area contributed by atoms with E-state index in [2.05, 4.69) is 5.32 Å². The summed E-state index contributed by atoms with van der Waals surface area (Å²) in [7, 11) is 0. The summed E-state index contributed by atoms with van der Waals surface area (Å²) in [4.78, 5) is 24.2. The highest BCUT2D eigenvalue weighted by molar-refractivity contribution is 5.73. The monoisotopic (exact) mass is 282 g/mol. The molecule has 0 spiro atoms. The van der Waals surface area contributed by atoms with E-state index in [9.17, 15) is 9.59 Å². The Labute approximate surface area is 120 Å². The fourth-order valence-corrected chi connectivity index (χ4v) is 3.18. The number of nitrogens with one attached hydrogen (secondary N) is 1. The summed E-state index contributed by atoms with van der Waals surface area (Å²) in [6.07, 6.45) is 5.84. The van der Waals surface area contributed by atoms with Gasteiger partial charge < -0.3 is 15.3 Å². The molecule has 1 saturated heterocycles. The smallest absolute Gasteiger partial charge is 0.303 e. The lowest BCUT2D eigenvalue weighted by Crippen LogP contribution is -2.51. The molecule has 114 valence electrons. The Hall–Kier alpha value is -1.10. The minimum absolute atomic E-state index is 0.0977. The van der Waals surface area contributed by atoms with Crippen molar-refractivity contribution < 1.29 is 14.7 Å². The first kappa shape index (κ1) is 15.3. The molecule has 1 aliphatic heterocycles. The fraction of sp³-hybridized carbons (Fsp3) is 0.867. The van der Waals surface area contributed by atoms with Crippen molar-refractivity contribution in [3.8, 4) is 0 Å². The van der Waals surface area contributed by atoms with Crippen LogP contribution in [0.15, 0.2) is 0 Å². The van der Waals surface area contributed by atoms with Crippen molar-refractivity contribution in [3.63, 3.8) is 0 Å². The molecule has 0 bridgehead atoms. The summed E-state index contributed by atoms with van der Waals surface area (Å²) in [5.41, 5.74) is 0. The number of likely N-dealkylation sites (tertiary alicyclic amines) is 1. The zero-order valence-electron chi connectivity index (χ0n) is 12.3. The second kappa shape index (κ2) is 7.07. The maximum absolute atomic E-state index is 11.6. The first-order valence-electron chi connectivity index (χ1n) is 7.75. The van der Waals surface area contributed by atoms with Crippen LogP contribution in [0.4, 0.5) is 0 Å². The molecule has 2 fully saturated rings. The largest absolute Gasteiger partial charge is 0.481 e. The molecule has 5 heteroatoms. The predicted octanol–water partition coefficient (Wildman–Crippen LogP) is 1.48. The van der Waals surface area contributed by atoms with Crippen LogP contribution in [-0.2, 0) is 9.59 Å². The molecule has 2 rings (SSSR count). The van der Waals surface area contributed by atoms with Gasteiger partial charge >= 0.3 is 5.97 Å². The van der Waals surface area contributed by atoms with Crippen LogP contribution < -0.4 is 5.32 Å². The number of hydrogen-bond donors (Lipinski definition) is 2. The van der Waals surface area contributed by atoms with Gasteiger partial charge in [0.15, 0.2) is 0 Å². The lowest BCUT2D eigenvalue weighted by Gasteiger charge is -2.39. The van der Waals surface area contributed by atoms with E-state index in [-0.39, 0.29) is 12.3 Å². The second-order valence-electron chi connectivity index (χ2n) is 6.36. The number of aliphatic carboxylic acids is 1. The van der Waals surface area contributed by atoms with Crippen molar-refractivity contribution in [3.05, 3.63) is 0 Å². The van der Waals surface area contributed by atoms with E-state index in [4.69, 9.17) is 5.11 Å². The summed E-state index contributed by atoms with van der Waals surface area (Å²) in [5.74, 6) is 0.465. The SMILES string of the molecule is CC(=O)N1CC(CCC(=O)O)CC(NCC2CCC2)C1. The molecule has 2 N–H and O–H groups in total. The Morgan fingerprint density at radius 1 is 1.25 bits per heavy atom. The van der Waals surface area contributed by atoms with E-state index >= 15 is 0 Å². The average Bonchev–Trinajstić information content (AvgIpc) is 2.34. The quantitative estimate of drug-likeness (QED) is 0.774. The third-order valence-electron chi connectivity index (χ3n) is 4.67. The number of carbonyl (C=O) groups excluding carboxylic acids is 1. The van der Waals surface area contributed by atoms with Gasteiger partial charge in [0.05, 0.1) is 0 Å². The van der Waals surface area contributed by atoms with Gasteiger partial charge in [-0.25, -0.2) is 0 Å². The van der Waals surface area contributed by atoms with Crippen molar-refractivity contribution in [1.82, 2.24) is 10.2 Å². The Morgan fingerprint density at radius 3 is 2.55 bits per heavy atom. The molecule has 20 heavy (non-hydrogen) atoms. The Morgan fingerprint density at radius 2 is 2.00 bits per heavy atom. The normalized spacial score (nSPS) is 27.1. The lowest BCUT2D eigenvalue weighted by molar-refractivity contribution is -0.137. The topological polar surface area (TPSA) is 69.6 Å². The molecule has 1 aliphatic carbocycles. The highest BCUT2D eigenvalue weighted by Gasteiger charge is 2.29. The third-order valence-corrected chi connectivity index (χ3v) is 4.67. The van der Waals surface area contributed by atoms with Gasteiger partial charge in [-0.3, -0.25) is 9.59 Å². The number of carbonyl (C=O) groups is 2. The Bertz CT molecular complexity index is 355. The molecule has 1 amide bonds. The molecule has 0 aromatic heterocycles. The maximum Gasteiger partial charge on any atom is 0.303 e. The molecular weight excluding hydrogens is 256 g/mol. The van der Waals surface area contributed by atoms with Crippen LogP contribution >= 0.6 is 0 Å². The van der Waals surface area contributed by atoms with Crippen LogP contribution in [0.25, 0.3) is 0 Å². The molecule has 2 unspecified atom stereocenters. The molecule has 0 aromatic carbocycles. The molecule has 2 atom stereocenters. The number of rotatable bonds is 6. The van der Waals surface area contributed by atoms with Gasteiger partial charge in [-0.15, -0.1) is 0 Å². The van der Waals surface area contributed by atoms with Gasteiger partial charge in [-0.05, 0) is 44.1 Å². The van der Waals surface area contributed by atoms with Gasteiger partial charge in [-0.2, -0.15) is 0 Å². The molecule has 2 aliphatic rings. The van der Waals surface area contributed by atoms with E-state index < -0.39 is 5.97 Å². The number of carboxylic acid groups (broad SMARTS) is 1. The van der Waals surface area contributed by atoms with Gasteiger partial charge in [-0.1, -0.05) is 6.42 Å². The molecule has 0 radical (unpaired) electrons. The highest BCUT2D eigenvalue weighted by atomic mass is 16.4. The van der Waals surface area contributed by atoms with Crippen LogP contribution in [-0.4, -0.2) is 47.6 Å². The minimum atomic E-state index is -0.746. The number of nitrogens with zero attached hydrogens (tertiary/aromatic N) is 1. The van der Waals surface area contributed by atoms with Crippen molar-refractivity contribution in [2.45, 2.75) is 51.5 Å². The molecule has 1 heterocycles.